The summed E-state index contributed by atoms with van der Waals surface area (Å²) in [5.41, 5.74) is 7.09. The van der Waals surface area contributed by atoms with Crippen LogP contribution in [0.25, 0.3) is 0 Å². The third-order valence-electron chi connectivity index (χ3n) is 2.37. The van der Waals surface area contributed by atoms with Crippen molar-refractivity contribution >= 4 is 23.1 Å². The van der Waals surface area contributed by atoms with Crippen LogP contribution in [0.4, 0.5) is 17.2 Å². The molecule has 3 N–H and O–H groups in total. The smallest absolute Gasteiger partial charge is 0.281 e. The summed E-state index contributed by atoms with van der Waals surface area (Å²) in [6.45, 7) is 0. The number of anilines is 3. The first-order chi connectivity index (χ1) is 8.58. The van der Waals surface area contributed by atoms with Crippen LogP contribution in [-0.2, 0) is 0 Å². The van der Waals surface area contributed by atoms with Gasteiger partial charge in [0.05, 0.1) is 0 Å². The number of nitrogens with zero attached hydrogens (tertiary/aromatic N) is 3. The summed E-state index contributed by atoms with van der Waals surface area (Å²) in [5.74, 6) is -0.483. The van der Waals surface area contributed by atoms with Crippen LogP contribution in [0.1, 0.15) is 10.5 Å². The predicted octanol–water partition coefficient (Wildman–Crippen LogP) is 0.970. The Morgan fingerprint density at radius 3 is 2.44 bits per heavy atom. The highest BCUT2D eigenvalue weighted by molar-refractivity contribution is 6.05. The second-order valence-corrected chi connectivity index (χ2v) is 3.89. The summed E-state index contributed by atoms with van der Waals surface area (Å²) in [6, 6.07) is 7.36. The number of benzene rings is 1. The normalized spacial score (nSPS) is 10.1. The standard InChI is InChI=1S/C11H13N5O2/c1-16(2)8-5-3-7(4-6-8)13-11(17)9-10(12)15-18-14-9/h3-6H,1-2H3,(H2,12,15)(H,13,17). The van der Waals surface area contributed by atoms with E-state index < -0.39 is 5.91 Å². The molecule has 0 radical (unpaired) electrons. The van der Waals surface area contributed by atoms with Crippen molar-refractivity contribution in [3.8, 4) is 0 Å². The number of hydrogen-bond acceptors (Lipinski definition) is 6. The Hall–Kier alpha value is -2.57. The van der Waals surface area contributed by atoms with Crippen molar-refractivity contribution in [2.45, 2.75) is 0 Å². The molecule has 1 heterocycles. The van der Waals surface area contributed by atoms with Gasteiger partial charge in [0, 0.05) is 25.5 Å². The third kappa shape index (κ3) is 2.40. The van der Waals surface area contributed by atoms with Gasteiger partial charge in [-0.1, -0.05) is 0 Å². The Balaban J connectivity index is 2.10. The molecule has 0 aliphatic carbocycles. The summed E-state index contributed by atoms with van der Waals surface area (Å²) < 4.78 is 4.36. The Bertz CT molecular complexity index is 547. The van der Waals surface area contributed by atoms with E-state index in [2.05, 4.69) is 20.3 Å². The van der Waals surface area contributed by atoms with Gasteiger partial charge in [0.15, 0.2) is 0 Å². The number of nitrogen functional groups attached to an aromatic ring is 1. The summed E-state index contributed by atoms with van der Waals surface area (Å²) in [7, 11) is 3.88. The molecule has 0 atom stereocenters. The molecule has 0 fully saturated rings. The van der Waals surface area contributed by atoms with Gasteiger partial charge in [-0.25, -0.2) is 4.63 Å². The van der Waals surface area contributed by atoms with E-state index in [-0.39, 0.29) is 11.5 Å². The zero-order chi connectivity index (χ0) is 13.1. The lowest BCUT2D eigenvalue weighted by Gasteiger charge is -2.12. The number of carbonyl (C=O) groups is 1. The molecule has 7 heteroatoms. The van der Waals surface area contributed by atoms with Crippen molar-refractivity contribution in [3.63, 3.8) is 0 Å². The van der Waals surface area contributed by atoms with Crippen molar-refractivity contribution in [1.29, 1.82) is 0 Å². The lowest BCUT2D eigenvalue weighted by Crippen LogP contribution is -2.14. The molecule has 0 unspecified atom stereocenters. The summed E-state index contributed by atoms with van der Waals surface area (Å²) in [4.78, 5) is 13.7. The van der Waals surface area contributed by atoms with Crippen LogP contribution in [0.2, 0.25) is 0 Å². The van der Waals surface area contributed by atoms with Gasteiger partial charge in [-0.2, -0.15) is 0 Å². The average molecular weight is 247 g/mol. The third-order valence-corrected chi connectivity index (χ3v) is 2.37. The number of hydrogen-bond donors (Lipinski definition) is 2. The van der Waals surface area contributed by atoms with Gasteiger partial charge in [-0.15, -0.1) is 0 Å². The molecular formula is C11H13N5O2. The molecule has 0 bridgehead atoms. The Labute approximate surface area is 104 Å². The van der Waals surface area contributed by atoms with E-state index in [0.717, 1.165) is 5.69 Å². The van der Waals surface area contributed by atoms with Crippen molar-refractivity contribution in [1.82, 2.24) is 10.3 Å². The molecule has 2 aromatic rings. The van der Waals surface area contributed by atoms with E-state index in [1.165, 1.54) is 0 Å². The minimum absolute atomic E-state index is 0.0216. The zero-order valence-corrected chi connectivity index (χ0v) is 10.0. The van der Waals surface area contributed by atoms with Crippen LogP contribution in [0.15, 0.2) is 28.9 Å². The Morgan fingerprint density at radius 1 is 1.28 bits per heavy atom. The highest BCUT2D eigenvalue weighted by Crippen LogP contribution is 2.16. The van der Waals surface area contributed by atoms with Gasteiger partial charge in [-0.3, -0.25) is 4.79 Å². The molecule has 1 aromatic carbocycles. The topological polar surface area (TPSA) is 97.3 Å². The van der Waals surface area contributed by atoms with Crippen molar-refractivity contribution in [2.24, 2.45) is 0 Å². The molecule has 2 rings (SSSR count). The fourth-order valence-electron chi connectivity index (χ4n) is 1.39. The number of aromatic nitrogens is 2. The summed E-state index contributed by atoms with van der Waals surface area (Å²) in [6.07, 6.45) is 0. The molecule has 0 spiro atoms. The van der Waals surface area contributed by atoms with Gasteiger partial charge < -0.3 is 16.0 Å². The molecule has 1 amide bonds. The van der Waals surface area contributed by atoms with E-state index in [1.807, 2.05) is 31.1 Å². The Kier molecular flexibility index (Phi) is 3.13. The fraction of sp³-hybridized carbons (Fsp3) is 0.182. The molecular weight excluding hydrogens is 234 g/mol. The quantitative estimate of drug-likeness (QED) is 0.838. The second-order valence-electron chi connectivity index (χ2n) is 3.89. The first-order valence-corrected chi connectivity index (χ1v) is 5.24. The van der Waals surface area contributed by atoms with Gasteiger partial charge in [0.1, 0.15) is 0 Å². The van der Waals surface area contributed by atoms with Crippen molar-refractivity contribution < 1.29 is 9.42 Å². The first-order valence-electron chi connectivity index (χ1n) is 5.24. The molecule has 0 aliphatic heterocycles. The maximum atomic E-state index is 11.8. The van der Waals surface area contributed by atoms with Crippen LogP contribution in [0, 0.1) is 0 Å². The number of carbonyl (C=O) groups excluding carboxylic acids is 1. The number of nitrogens with one attached hydrogen (secondary N) is 1. The van der Waals surface area contributed by atoms with Gasteiger partial charge >= 0.3 is 0 Å². The molecule has 0 aliphatic rings. The number of amides is 1. The lowest BCUT2D eigenvalue weighted by molar-refractivity contribution is 0.101. The number of rotatable bonds is 3. The van der Waals surface area contributed by atoms with Crippen molar-refractivity contribution in [3.05, 3.63) is 30.0 Å². The van der Waals surface area contributed by atoms with E-state index in [1.54, 1.807) is 12.1 Å². The SMILES string of the molecule is CN(C)c1ccc(NC(=O)c2nonc2N)cc1. The molecule has 94 valence electrons. The molecule has 1 aromatic heterocycles. The zero-order valence-electron chi connectivity index (χ0n) is 10.0. The van der Waals surface area contributed by atoms with Gasteiger partial charge in [0.25, 0.3) is 5.91 Å². The maximum Gasteiger partial charge on any atom is 0.281 e. The largest absolute Gasteiger partial charge is 0.379 e. The highest BCUT2D eigenvalue weighted by Gasteiger charge is 2.15. The van der Waals surface area contributed by atoms with E-state index in [4.69, 9.17) is 5.73 Å². The minimum Gasteiger partial charge on any atom is -0.379 e. The van der Waals surface area contributed by atoms with Crippen LogP contribution in [0.3, 0.4) is 0 Å². The van der Waals surface area contributed by atoms with Gasteiger partial charge in [0.2, 0.25) is 11.5 Å². The monoisotopic (exact) mass is 247 g/mol. The fourth-order valence-corrected chi connectivity index (χ4v) is 1.39. The second kappa shape index (κ2) is 4.74. The van der Waals surface area contributed by atoms with Crippen LogP contribution >= 0.6 is 0 Å². The van der Waals surface area contributed by atoms with Crippen molar-refractivity contribution in [2.75, 3.05) is 30.0 Å². The summed E-state index contributed by atoms with van der Waals surface area (Å²) in [5, 5.41) is 9.42. The van der Waals surface area contributed by atoms with E-state index >= 15 is 0 Å². The van der Waals surface area contributed by atoms with E-state index in [9.17, 15) is 4.79 Å². The minimum atomic E-state index is -0.452. The first kappa shape index (κ1) is 11.9. The van der Waals surface area contributed by atoms with Crippen LogP contribution in [0.5, 0.6) is 0 Å². The lowest BCUT2D eigenvalue weighted by atomic mass is 10.2. The van der Waals surface area contributed by atoms with Crippen LogP contribution in [-0.4, -0.2) is 30.3 Å². The molecule has 7 nitrogen and oxygen atoms in total. The molecule has 0 saturated carbocycles. The van der Waals surface area contributed by atoms with Gasteiger partial charge in [-0.05, 0) is 34.6 Å². The average Bonchev–Trinajstić information content (AvgIpc) is 2.76. The van der Waals surface area contributed by atoms with Crippen LogP contribution < -0.4 is 16.0 Å². The maximum absolute atomic E-state index is 11.8. The molecule has 18 heavy (non-hydrogen) atoms. The Morgan fingerprint density at radius 2 is 1.94 bits per heavy atom. The molecule has 0 saturated heterocycles. The van der Waals surface area contributed by atoms with E-state index in [0.29, 0.717) is 5.69 Å². The summed E-state index contributed by atoms with van der Waals surface area (Å²) >= 11 is 0. The highest BCUT2D eigenvalue weighted by atomic mass is 16.6. The predicted molar refractivity (Wildman–Crippen MR) is 67.4 cm³/mol. The number of nitrogens with two attached hydrogens (primary N) is 1.